The quantitative estimate of drug-likeness (QED) is 0.286. The molecule has 0 aromatic heterocycles. The number of thioether (sulfide) groups is 1. The second kappa shape index (κ2) is 7.35. The van der Waals surface area contributed by atoms with Crippen molar-refractivity contribution < 1.29 is 9.90 Å². The third-order valence-electron chi connectivity index (χ3n) is 3.03. The molecule has 0 aliphatic heterocycles. The predicted octanol–water partition coefficient (Wildman–Crippen LogP) is 1.99. The van der Waals surface area contributed by atoms with Crippen molar-refractivity contribution in [1.29, 1.82) is 5.26 Å². The molecule has 0 aliphatic rings. The average Bonchev–Trinajstić information content (AvgIpc) is 2.56. The van der Waals surface area contributed by atoms with E-state index in [0.29, 0.717) is 5.56 Å². The van der Waals surface area contributed by atoms with Gasteiger partial charge in [0, 0.05) is 4.90 Å². The van der Waals surface area contributed by atoms with Crippen molar-refractivity contribution in [2.45, 2.75) is 4.90 Å². The number of rotatable bonds is 5. The highest BCUT2D eigenvalue weighted by molar-refractivity contribution is 8.03. The highest BCUT2D eigenvalue weighted by Crippen LogP contribution is 2.28. The summed E-state index contributed by atoms with van der Waals surface area (Å²) in [6.07, 6.45) is 0. The van der Waals surface area contributed by atoms with Gasteiger partial charge in [0.2, 0.25) is 0 Å². The zero-order valence-corrected chi connectivity index (χ0v) is 12.8. The largest absolute Gasteiger partial charge is 0.476 e. The fourth-order valence-electron chi connectivity index (χ4n) is 1.87. The summed E-state index contributed by atoms with van der Waals surface area (Å²) in [5.74, 6) is 3.93. The molecule has 2 rings (SSSR count). The standard InChI is InChI=1S/C16H14N4O2S/c17-9-10-1-3-11(4-2-10)12-5-7-13(8-6-12)23-15(18)14(20-19)16(21)22/h1-8,20H,18-19H2,(H,21,22)/b15-14+. The topological polar surface area (TPSA) is 125 Å². The van der Waals surface area contributed by atoms with E-state index in [4.69, 9.17) is 21.9 Å². The van der Waals surface area contributed by atoms with Crippen LogP contribution < -0.4 is 17.0 Å². The van der Waals surface area contributed by atoms with E-state index in [1.54, 1.807) is 12.1 Å². The number of carboxylic acid groups (broad SMARTS) is 1. The number of benzene rings is 2. The summed E-state index contributed by atoms with van der Waals surface area (Å²) < 4.78 is 0. The van der Waals surface area contributed by atoms with Gasteiger partial charge in [0.1, 0.15) is 5.03 Å². The first-order valence-corrected chi connectivity index (χ1v) is 7.35. The van der Waals surface area contributed by atoms with Gasteiger partial charge in [-0.3, -0.25) is 5.84 Å². The van der Waals surface area contributed by atoms with Crippen molar-refractivity contribution in [3.05, 3.63) is 64.8 Å². The molecule has 2 aromatic carbocycles. The van der Waals surface area contributed by atoms with Crippen molar-refractivity contribution in [2.24, 2.45) is 11.6 Å². The van der Waals surface area contributed by atoms with Crippen molar-refractivity contribution in [1.82, 2.24) is 5.43 Å². The van der Waals surface area contributed by atoms with E-state index in [1.807, 2.05) is 36.4 Å². The summed E-state index contributed by atoms with van der Waals surface area (Å²) in [5, 5.41) is 17.8. The molecule has 7 heteroatoms. The van der Waals surface area contributed by atoms with E-state index in [9.17, 15) is 4.79 Å². The van der Waals surface area contributed by atoms with Gasteiger partial charge in [0.05, 0.1) is 11.6 Å². The van der Waals surface area contributed by atoms with Crippen molar-refractivity contribution in [3.63, 3.8) is 0 Å². The molecule has 23 heavy (non-hydrogen) atoms. The highest BCUT2D eigenvalue weighted by atomic mass is 32.2. The molecule has 2 aromatic rings. The Hall–Kier alpha value is -2.95. The maximum absolute atomic E-state index is 10.9. The maximum atomic E-state index is 10.9. The smallest absolute Gasteiger partial charge is 0.356 e. The van der Waals surface area contributed by atoms with Crippen LogP contribution >= 0.6 is 11.8 Å². The molecule has 0 saturated carbocycles. The Kier molecular flexibility index (Phi) is 5.25. The summed E-state index contributed by atoms with van der Waals surface area (Å²) in [4.78, 5) is 11.7. The zero-order valence-electron chi connectivity index (χ0n) is 12.0. The van der Waals surface area contributed by atoms with Crippen LogP contribution in [0, 0.1) is 11.3 Å². The molecule has 0 fully saturated rings. The van der Waals surface area contributed by atoms with Crippen molar-refractivity contribution in [2.75, 3.05) is 0 Å². The number of nitrogens with zero attached hydrogens (tertiary/aromatic N) is 1. The molecular weight excluding hydrogens is 312 g/mol. The van der Waals surface area contributed by atoms with Crippen molar-refractivity contribution in [3.8, 4) is 17.2 Å². The molecule has 0 spiro atoms. The van der Waals surface area contributed by atoms with Gasteiger partial charge in [-0.25, -0.2) is 4.79 Å². The Bertz CT molecular complexity index is 777. The Morgan fingerprint density at radius 1 is 1.09 bits per heavy atom. The monoisotopic (exact) mass is 326 g/mol. The number of aliphatic carboxylic acids is 1. The van der Waals surface area contributed by atoms with Crippen molar-refractivity contribution >= 4 is 17.7 Å². The third kappa shape index (κ3) is 4.03. The van der Waals surface area contributed by atoms with Gasteiger partial charge < -0.3 is 16.3 Å². The number of carbonyl (C=O) groups is 1. The van der Waals surface area contributed by atoms with Crippen LogP contribution in [-0.4, -0.2) is 11.1 Å². The summed E-state index contributed by atoms with van der Waals surface area (Å²) >= 11 is 1.11. The fourth-order valence-corrected chi connectivity index (χ4v) is 2.64. The molecule has 6 nitrogen and oxygen atoms in total. The van der Waals surface area contributed by atoms with Gasteiger partial charge in [0.25, 0.3) is 0 Å². The van der Waals surface area contributed by atoms with Crippen LogP contribution in [0.25, 0.3) is 11.1 Å². The van der Waals surface area contributed by atoms with Crippen LogP contribution in [0.4, 0.5) is 0 Å². The highest BCUT2D eigenvalue weighted by Gasteiger charge is 2.12. The molecule has 0 atom stereocenters. The van der Waals surface area contributed by atoms with Gasteiger partial charge in [-0.05, 0) is 35.4 Å². The number of nitrogens with one attached hydrogen (secondary N) is 1. The van der Waals surface area contributed by atoms with Gasteiger partial charge in [-0.1, -0.05) is 36.0 Å². The minimum absolute atomic E-state index is 0.0751. The normalized spacial score (nSPS) is 11.3. The first-order chi connectivity index (χ1) is 11.0. The second-order valence-electron chi connectivity index (χ2n) is 4.50. The lowest BCUT2D eigenvalue weighted by atomic mass is 10.0. The van der Waals surface area contributed by atoms with Crippen LogP contribution in [0.5, 0.6) is 0 Å². The molecule has 6 N–H and O–H groups in total. The molecule has 0 heterocycles. The van der Waals surface area contributed by atoms with Gasteiger partial charge in [0.15, 0.2) is 5.70 Å². The van der Waals surface area contributed by atoms with E-state index >= 15 is 0 Å². The van der Waals surface area contributed by atoms with Crippen LogP contribution in [-0.2, 0) is 4.79 Å². The summed E-state index contributed by atoms with van der Waals surface area (Å²) in [7, 11) is 0. The number of hydrazine groups is 1. The molecule has 0 unspecified atom stereocenters. The minimum atomic E-state index is -1.22. The number of nitriles is 1. The summed E-state index contributed by atoms with van der Waals surface area (Å²) in [5.41, 5.74) is 10.1. The SMILES string of the molecule is N#Cc1ccc(-c2ccc(S/C(N)=C(/NN)C(=O)O)cc2)cc1. The molecule has 0 aliphatic carbocycles. The molecule has 0 saturated heterocycles. The maximum Gasteiger partial charge on any atom is 0.356 e. The Balaban J connectivity index is 2.19. The first kappa shape index (κ1) is 16.4. The van der Waals surface area contributed by atoms with Gasteiger partial charge in [-0.15, -0.1) is 0 Å². The zero-order chi connectivity index (χ0) is 16.8. The molecule has 0 bridgehead atoms. The first-order valence-electron chi connectivity index (χ1n) is 6.53. The predicted molar refractivity (Wildman–Crippen MR) is 88.6 cm³/mol. The number of nitrogens with two attached hydrogens (primary N) is 2. The lowest BCUT2D eigenvalue weighted by Gasteiger charge is -2.08. The third-order valence-corrected chi connectivity index (χ3v) is 3.97. The molecular formula is C16H14N4O2S. The summed E-state index contributed by atoms with van der Waals surface area (Å²) in [6, 6.07) is 16.8. The van der Waals surface area contributed by atoms with E-state index in [1.165, 1.54) is 0 Å². The van der Waals surface area contributed by atoms with Gasteiger partial charge >= 0.3 is 5.97 Å². The molecule has 0 amide bonds. The van der Waals surface area contributed by atoms with Crippen LogP contribution in [0.15, 0.2) is 64.2 Å². The van der Waals surface area contributed by atoms with Crippen LogP contribution in [0.3, 0.4) is 0 Å². The molecule has 116 valence electrons. The Morgan fingerprint density at radius 3 is 2.04 bits per heavy atom. The average molecular weight is 326 g/mol. The van der Waals surface area contributed by atoms with E-state index < -0.39 is 5.97 Å². The minimum Gasteiger partial charge on any atom is -0.476 e. The number of hydrogen-bond acceptors (Lipinski definition) is 6. The number of carboxylic acids is 1. The van der Waals surface area contributed by atoms with Crippen LogP contribution in [0.1, 0.15) is 5.56 Å². The van der Waals surface area contributed by atoms with E-state index in [0.717, 1.165) is 27.8 Å². The molecule has 0 radical (unpaired) electrons. The van der Waals surface area contributed by atoms with Crippen LogP contribution in [0.2, 0.25) is 0 Å². The second-order valence-corrected chi connectivity index (χ2v) is 5.62. The summed E-state index contributed by atoms with van der Waals surface area (Å²) in [6.45, 7) is 0. The fraction of sp³-hybridized carbons (Fsp3) is 0. The lowest BCUT2D eigenvalue weighted by molar-refractivity contribution is -0.133. The Morgan fingerprint density at radius 2 is 1.61 bits per heavy atom. The van der Waals surface area contributed by atoms with Gasteiger partial charge in [-0.2, -0.15) is 5.26 Å². The number of hydrogen-bond donors (Lipinski definition) is 4. The van der Waals surface area contributed by atoms with E-state index in [-0.39, 0.29) is 10.7 Å². The lowest BCUT2D eigenvalue weighted by Crippen LogP contribution is -2.29. The van der Waals surface area contributed by atoms with E-state index in [2.05, 4.69) is 11.5 Å². The Labute approximate surface area is 137 Å².